The van der Waals surface area contributed by atoms with Crippen LogP contribution in [-0.2, 0) is 19.1 Å². The predicted octanol–water partition coefficient (Wildman–Crippen LogP) is 8.83. The Morgan fingerprint density at radius 3 is 1.62 bits per heavy atom. The van der Waals surface area contributed by atoms with E-state index in [9.17, 15) is 28.0 Å². The van der Waals surface area contributed by atoms with Crippen molar-refractivity contribution in [2.45, 2.75) is 79.1 Å². The molecule has 0 bridgehead atoms. The molecule has 0 saturated carbocycles. The zero-order chi connectivity index (χ0) is 36.6. The molecule has 0 unspecified atom stereocenters. The summed E-state index contributed by atoms with van der Waals surface area (Å²) in [4.78, 5) is 44.7. The lowest BCUT2D eigenvalue weighted by Crippen LogP contribution is -2.28. The molecule has 11 heteroatoms. The molecule has 0 saturated heterocycles. The Kier molecular flexibility index (Phi) is 18.0. The smallest absolute Gasteiger partial charge is 0.323 e. The van der Waals surface area contributed by atoms with Gasteiger partial charge in [0, 0.05) is 27.3 Å². The highest BCUT2D eigenvalue weighted by Crippen LogP contribution is 2.20. The molecule has 0 N–H and O–H groups in total. The van der Waals surface area contributed by atoms with Crippen LogP contribution >= 0.6 is 15.9 Å². The van der Waals surface area contributed by atoms with Crippen LogP contribution in [0, 0.1) is 46.6 Å². The predicted molar refractivity (Wildman–Crippen MR) is 193 cm³/mol. The van der Waals surface area contributed by atoms with Crippen molar-refractivity contribution in [2.24, 2.45) is 10.8 Å². The minimum absolute atomic E-state index is 0.00507. The van der Waals surface area contributed by atoms with Crippen LogP contribution < -0.4 is 0 Å². The summed E-state index contributed by atoms with van der Waals surface area (Å²) in [5.74, 6) is 6.04. The SMILES string of the molecule is C#CC(C)(C)C(=O)OCC[Si](C)(C)C.CC(C)(C#Cc1c(F)cccc1C=O)C(=O)OCC[Si](C)(C)C.O=Cc1cccc(F)c1Br. The molecule has 0 radical (unpaired) electrons. The molecule has 2 aromatic rings. The number of terminal acetylenes is 1. The van der Waals surface area contributed by atoms with Gasteiger partial charge in [0.2, 0.25) is 0 Å². The molecular weight excluding hydrogens is 702 g/mol. The summed E-state index contributed by atoms with van der Waals surface area (Å²) in [6.07, 6.45) is 6.37. The first-order valence-electron chi connectivity index (χ1n) is 15.0. The highest BCUT2D eigenvalue weighted by atomic mass is 79.9. The van der Waals surface area contributed by atoms with Gasteiger partial charge >= 0.3 is 11.9 Å². The number of hydrogen-bond donors (Lipinski definition) is 0. The minimum atomic E-state index is -1.28. The van der Waals surface area contributed by atoms with Gasteiger partial charge in [-0.25, -0.2) is 8.78 Å². The summed E-state index contributed by atoms with van der Waals surface area (Å²) in [6.45, 7) is 20.8. The van der Waals surface area contributed by atoms with Crippen LogP contribution in [0.15, 0.2) is 40.9 Å². The number of esters is 2. The molecule has 2 aromatic carbocycles. The van der Waals surface area contributed by atoms with E-state index in [0.29, 0.717) is 31.3 Å². The van der Waals surface area contributed by atoms with Crippen LogP contribution in [0.5, 0.6) is 0 Å². The summed E-state index contributed by atoms with van der Waals surface area (Å²) >= 11 is 2.93. The highest BCUT2D eigenvalue weighted by Gasteiger charge is 2.28. The van der Waals surface area contributed by atoms with Crippen LogP contribution in [-0.4, -0.2) is 53.9 Å². The van der Waals surface area contributed by atoms with Crippen molar-refractivity contribution in [1.29, 1.82) is 0 Å². The molecule has 2 rings (SSSR count). The fraction of sp³-hybridized carbons (Fsp3) is 0.444. The van der Waals surface area contributed by atoms with E-state index in [2.05, 4.69) is 73.0 Å². The number of hydrogen-bond acceptors (Lipinski definition) is 6. The summed E-state index contributed by atoms with van der Waals surface area (Å²) in [7, 11) is -2.40. The van der Waals surface area contributed by atoms with E-state index >= 15 is 0 Å². The first-order chi connectivity index (χ1) is 21.5. The average molecular weight is 750 g/mol. The summed E-state index contributed by atoms with van der Waals surface area (Å²) in [5.41, 5.74) is -1.35. The van der Waals surface area contributed by atoms with Crippen molar-refractivity contribution >= 4 is 56.6 Å². The van der Waals surface area contributed by atoms with Gasteiger partial charge in [0.05, 0.1) is 23.2 Å². The number of ether oxygens (including phenoxy) is 2. The van der Waals surface area contributed by atoms with Gasteiger partial charge in [-0.1, -0.05) is 81.3 Å². The Morgan fingerprint density at radius 1 is 0.787 bits per heavy atom. The second-order valence-corrected chi connectivity index (χ2v) is 26.2. The number of rotatable bonds is 10. The topological polar surface area (TPSA) is 86.7 Å². The molecular formula is C36H47BrF2O6Si2. The van der Waals surface area contributed by atoms with Crippen LogP contribution in [0.3, 0.4) is 0 Å². The maximum absolute atomic E-state index is 13.8. The molecule has 47 heavy (non-hydrogen) atoms. The van der Waals surface area contributed by atoms with Gasteiger partial charge in [0.15, 0.2) is 12.6 Å². The van der Waals surface area contributed by atoms with E-state index in [1.807, 2.05) is 0 Å². The van der Waals surface area contributed by atoms with Crippen LogP contribution in [0.4, 0.5) is 8.78 Å². The second kappa shape index (κ2) is 19.4. The van der Waals surface area contributed by atoms with Crippen molar-refractivity contribution in [3.8, 4) is 24.2 Å². The number of benzene rings is 2. The van der Waals surface area contributed by atoms with E-state index < -0.39 is 44.6 Å². The fourth-order valence-electron chi connectivity index (χ4n) is 2.97. The summed E-state index contributed by atoms with van der Waals surface area (Å²) in [6, 6.07) is 10.3. The molecule has 0 amide bonds. The van der Waals surface area contributed by atoms with Gasteiger partial charge in [-0.2, -0.15) is 0 Å². The monoisotopic (exact) mass is 748 g/mol. The van der Waals surface area contributed by atoms with Crippen molar-refractivity contribution in [1.82, 2.24) is 0 Å². The van der Waals surface area contributed by atoms with Crippen molar-refractivity contribution in [3.63, 3.8) is 0 Å². The zero-order valence-corrected chi connectivity index (χ0v) is 32.7. The average Bonchev–Trinajstić information content (AvgIpc) is 2.97. The Bertz CT molecular complexity index is 1490. The standard InChI is InChI=1S/C18H23FO3Si.C11H20O2Si.C7H4BrFO/c1-18(2,17(21)22-11-12-23(3,4)5)10-9-15-14(13-20)7-6-8-16(15)19;1-7-11(2,3)10(12)13-8-9-14(4,5)6;8-7-5(4-10)2-1-3-6(7)9/h6-8,13H,11-12H2,1-5H3;1H,8-9H2,2-6H3;1-4H. The van der Waals surface area contributed by atoms with Crippen LogP contribution in [0.2, 0.25) is 51.4 Å². The first kappa shape index (κ1) is 43.6. The van der Waals surface area contributed by atoms with Crippen molar-refractivity contribution < 1.29 is 37.4 Å². The second-order valence-electron chi connectivity index (χ2n) is 14.1. The first-order valence-corrected chi connectivity index (χ1v) is 23.2. The van der Waals surface area contributed by atoms with Crippen molar-refractivity contribution in [3.05, 3.63) is 69.2 Å². The molecule has 0 fully saturated rings. The Morgan fingerprint density at radius 2 is 1.21 bits per heavy atom. The van der Waals surface area contributed by atoms with Gasteiger partial charge in [0.1, 0.15) is 22.5 Å². The van der Waals surface area contributed by atoms with Crippen molar-refractivity contribution in [2.75, 3.05) is 13.2 Å². The molecule has 0 aliphatic rings. The number of halogens is 3. The molecule has 0 atom stereocenters. The zero-order valence-electron chi connectivity index (χ0n) is 29.1. The van der Waals surface area contributed by atoms with E-state index in [4.69, 9.17) is 15.9 Å². The quantitative estimate of drug-likeness (QED) is 0.105. The molecule has 6 nitrogen and oxygen atoms in total. The molecule has 0 aliphatic carbocycles. The molecule has 0 aliphatic heterocycles. The van der Waals surface area contributed by atoms with E-state index in [1.54, 1.807) is 33.8 Å². The minimum Gasteiger partial charge on any atom is -0.465 e. The Labute approximate surface area is 289 Å². The normalized spacial score (nSPS) is 11.1. The van der Waals surface area contributed by atoms with Gasteiger partial charge in [-0.15, -0.1) is 6.42 Å². The Balaban J connectivity index is 0.000000746. The third-order valence-corrected chi connectivity index (χ3v) is 10.6. The number of carbonyl (C=O) groups is 4. The lowest BCUT2D eigenvalue weighted by Gasteiger charge is -2.19. The van der Waals surface area contributed by atoms with E-state index in [0.717, 1.165) is 12.1 Å². The number of aldehydes is 2. The van der Waals surface area contributed by atoms with Crippen LogP contribution in [0.1, 0.15) is 54.0 Å². The Hall–Kier alpha value is -3.39. The summed E-state index contributed by atoms with van der Waals surface area (Å²) in [5, 5.41) is 0. The van der Waals surface area contributed by atoms with E-state index in [1.165, 1.54) is 30.3 Å². The maximum Gasteiger partial charge on any atom is 0.323 e. The lowest BCUT2D eigenvalue weighted by molar-refractivity contribution is -0.151. The molecule has 256 valence electrons. The third kappa shape index (κ3) is 17.4. The van der Waals surface area contributed by atoms with Gasteiger partial charge in [-0.3, -0.25) is 19.2 Å². The van der Waals surface area contributed by atoms with Gasteiger partial charge < -0.3 is 9.47 Å². The number of carbonyl (C=O) groups excluding carboxylic acids is 4. The summed E-state index contributed by atoms with van der Waals surface area (Å²) < 4.78 is 37.0. The third-order valence-electron chi connectivity index (χ3n) is 6.33. The lowest BCUT2D eigenvalue weighted by atomic mass is 9.94. The maximum atomic E-state index is 13.8. The molecule has 0 heterocycles. The van der Waals surface area contributed by atoms with Gasteiger partial charge in [0.25, 0.3) is 0 Å². The highest BCUT2D eigenvalue weighted by molar-refractivity contribution is 9.10. The van der Waals surface area contributed by atoms with E-state index in [-0.39, 0.29) is 21.6 Å². The largest absolute Gasteiger partial charge is 0.465 e. The fourth-order valence-corrected chi connectivity index (χ4v) is 4.76. The van der Waals surface area contributed by atoms with Gasteiger partial charge in [-0.05, 0) is 67.8 Å². The van der Waals surface area contributed by atoms with Crippen LogP contribution in [0.25, 0.3) is 0 Å². The molecule has 0 spiro atoms. The molecule has 0 aromatic heterocycles.